The van der Waals surface area contributed by atoms with E-state index in [0.29, 0.717) is 29.0 Å². The van der Waals surface area contributed by atoms with Gasteiger partial charge in [-0.1, -0.05) is 6.07 Å². The Morgan fingerprint density at radius 1 is 1.23 bits per heavy atom. The van der Waals surface area contributed by atoms with Gasteiger partial charge in [-0.3, -0.25) is 14.7 Å². The Balaban J connectivity index is 1.38. The number of urea groups is 1. The molecular formula is C16H14N6O2S2. The average Bonchev–Trinajstić information content (AvgIpc) is 3.37. The van der Waals surface area contributed by atoms with Crippen LogP contribution in [0.3, 0.4) is 0 Å². The van der Waals surface area contributed by atoms with Crippen LogP contribution in [-0.4, -0.2) is 40.0 Å². The standard InChI is InChI=1S/C16H14N6O2S2/c23-13(7-10-8-26-16(19-10)22-6-5-18-15(22)24)21-14-20-12(9-25-14)11-3-1-2-4-17-11/h1-4,8-9H,5-7H2,(H,18,24)(H,20,21,23). The van der Waals surface area contributed by atoms with Crippen molar-refractivity contribution in [1.82, 2.24) is 20.3 Å². The molecule has 0 spiro atoms. The van der Waals surface area contributed by atoms with Crippen LogP contribution in [0.25, 0.3) is 11.4 Å². The first-order chi connectivity index (χ1) is 12.7. The fourth-order valence-corrected chi connectivity index (χ4v) is 4.02. The van der Waals surface area contributed by atoms with Crippen LogP contribution in [0.5, 0.6) is 0 Å². The molecule has 3 aromatic rings. The van der Waals surface area contributed by atoms with Crippen LogP contribution >= 0.6 is 22.7 Å². The normalized spacial score (nSPS) is 13.7. The molecule has 0 aliphatic carbocycles. The van der Waals surface area contributed by atoms with E-state index in [0.717, 1.165) is 11.4 Å². The molecule has 3 amide bonds. The number of aromatic nitrogens is 3. The van der Waals surface area contributed by atoms with Crippen molar-refractivity contribution in [3.05, 3.63) is 40.8 Å². The molecule has 1 saturated heterocycles. The minimum Gasteiger partial charge on any atom is -0.336 e. The van der Waals surface area contributed by atoms with Gasteiger partial charge in [-0.25, -0.2) is 14.8 Å². The number of hydrogen-bond acceptors (Lipinski definition) is 7. The number of rotatable bonds is 5. The highest BCUT2D eigenvalue weighted by atomic mass is 32.1. The number of carbonyl (C=O) groups excluding carboxylic acids is 2. The number of anilines is 2. The van der Waals surface area contributed by atoms with E-state index in [9.17, 15) is 9.59 Å². The Labute approximate surface area is 156 Å². The summed E-state index contributed by atoms with van der Waals surface area (Å²) in [6, 6.07) is 5.44. The fraction of sp³-hybridized carbons (Fsp3) is 0.188. The zero-order valence-corrected chi connectivity index (χ0v) is 15.1. The predicted molar refractivity (Wildman–Crippen MR) is 101 cm³/mol. The molecule has 0 radical (unpaired) electrons. The molecule has 0 unspecified atom stereocenters. The number of amides is 3. The van der Waals surface area contributed by atoms with Gasteiger partial charge in [0.2, 0.25) is 5.91 Å². The van der Waals surface area contributed by atoms with Gasteiger partial charge in [-0.05, 0) is 12.1 Å². The minimum atomic E-state index is -0.199. The number of nitrogens with zero attached hydrogens (tertiary/aromatic N) is 4. The van der Waals surface area contributed by atoms with Gasteiger partial charge in [0.25, 0.3) is 0 Å². The number of hydrogen-bond donors (Lipinski definition) is 2. The lowest BCUT2D eigenvalue weighted by Gasteiger charge is -2.08. The van der Waals surface area contributed by atoms with Crippen LogP contribution in [0.2, 0.25) is 0 Å². The monoisotopic (exact) mass is 386 g/mol. The van der Waals surface area contributed by atoms with E-state index in [2.05, 4.69) is 25.6 Å². The molecule has 8 nitrogen and oxygen atoms in total. The summed E-state index contributed by atoms with van der Waals surface area (Å²) >= 11 is 2.70. The second-order valence-electron chi connectivity index (χ2n) is 5.48. The third-order valence-electron chi connectivity index (χ3n) is 3.65. The molecule has 2 N–H and O–H groups in total. The highest BCUT2D eigenvalue weighted by Gasteiger charge is 2.24. The maximum absolute atomic E-state index is 12.2. The summed E-state index contributed by atoms with van der Waals surface area (Å²) in [4.78, 5) is 38.5. The zero-order valence-electron chi connectivity index (χ0n) is 13.5. The van der Waals surface area contributed by atoms with Crippen LogP contribution in [0.4, 0.5) is 15.1 Å². The first kappa shape index (κ1) is 16.6. The molecule has 26 heavy (non-hydrogen) atoms. The topological polar surface area (TPSA) is 100 Å². The van der Waals surface area contributed by atoms with Gasteiger partial charge in [-0.15, -0.1) is 22.7 Å². The van der Waals surface area contributed by atoms with Gasteiger partial charge in [-0.2, -0.15) is 0 Å². The predicted octanol–water partition coefficient (Wildman–Crippen LogP) is 2.37. The molecule has 1 aliphatic rings. The quantitative estimate of drug-likeness (QED) is 0.701. The number of carbonyl (C=O) groups is 2. The molecule has 0 saturated carbocycles. The summed E-state index contributed by atoms with van der Waals surface area (Å²) in [5.41, 5.74) is 2.11. The minimum absolute atomic E-state index is 0.129. The van der Waals surface area contributed by atoms with E-state index in [1.54, 1.807) is 16.5 Å². The molecule has 4 rings (SSSR count). The van der Waals surface area contributed by atoms with E-state index in [-0.39, 0.29) is 18.4 Å². The number of thiazole rings is 2. The van der Waals surface area contributed by atoms with Crippen molar-refractivity contribution in [2.75, 3.05) is 23.3 Å². The molecule has 10 heteroatoms. The summed E-state index contributed by atoms with van der Waals surface area (Å²) in [6.07, 6.45) is 1.83. The Kier molecular flexibility index (Phi) is 4.59. The Morgan fingerprint density at radius 3 is 2.92 bits per heavy atom. The molecular weight excluding hydrogens is 372 g/mol. The van der Waals surface area contributed by atoms with Crippen molar-refractivity contribution >= 4 is 44.9 Å². The Hall–Kier alpha value is -2.85. The number of pyridine rings is 1. The second kappa shape index (κ2) is 7.18. The summed E-state index contributed by atoms with van der Waals surface area (Å²) in [7, 11) is 0. The molecule has 3 aromatic heterocycles. The Bertz CT molecular complexity index is 939. The highest BCUT2D eigenvalue weighted by Crippen LogP contribution is 2.24. The lowest BCUT2D eigenvalue weighted by molar-refractivity contribution is -0.115. The number of nitrogens with one attached hydrogen (secondary N) is 2. The van der Waals surface area contributed by atoms with Gasteiger partial charge < -0.3 is 10.6 Å². The maximum atomic E-state index is 12.2. The van der Waals surface area contributed by atoms with Crippen LogP contribution in [0, 0.1) is 0 Å². The SMILES string of the molecule is O=C(Cc1csc(N2CCNC2=O)n1)Nc1nc(-c2ccccn2)cs1. The molecule has 0 bridgehead atoms. The van der Waals surface area contributed by atoms with E-state index in [1.807, 2.05) is 23.6 Å². The van der Waals surface area contributed by atoms with Crippen molar-refractivity contribution in [2.45, 2.75) is 6.42 Å². The van der Waals surface area contributed by atoms with Gasteiger partial charge in [0.1, 0.15) is 5.69 Å². The molecule has 0 atom stereocenters. The second-order valence-corrected chi connectivity index (χ2v) is 7.18. The van der Waals surface area contributed by atoms with Crippen molar-refractivity contribution in [3.8, 4) is 11.4 Å². The van der Waals surface area contributed by atoms with Crippen LogP contribution in [0.15, 0.2) is 35.2 Å². The first-order valence-electron chi connectivity index (χ1n) is 7.85. The van der Waals surface area contributed by atoms with Gasteiger partial charge in [0.15, 0.2) is 10.3 Å². The van der Waals surface area contributed by atoms with Crippen LogP contribution in [-0.2, 0) is 11.2 Å². The van der Waals surface area contributed by atoms with E-state index in [4.69, 9.17) is 0 Å². The summed E-state index contributed by atoms with van der Waals surface area (Å²) in [5.74, 6) is -0.199. The van der Waals surface area contributed by atoms with E-state index in [1.165, 1.54) is 22.7 Å². The highest BCUT2D eigenvalue weighted by molar-refractivity contribution is 7.14. The molecule has 1 aliphatic heterocycles. The smallest absolute Gasteiger partial charge is 0.323 e. The largest absolute Gasteiger partial charge is 0.336 e. The zero-order chi connectivity index (χ0) is 17.9. The van der Waals surface area contributed by atoms with Crippen molar-refractivity contribution < 1.29 is 9.59 Å². The third kappa shape index (κ3) is 3.55. The first-order valence-corrected chi connectivity index (χ1v) is 9.61. The third-order valence-corrected chi connectivity index (χ3v) is 5.32. The molecule has 1 fully saturated rings. The summed E-state index contributed by atoms with van der Waals surface area (Å²) < 4.78 is 0. The van der Waals surface area contributed by atoms with Crippen LogP contribution < -0.4 is 15.5 Å². The van der Waals surface area contributed by atoms with E-state index < -0.39 is 0 Å². The van der Waals surface area contributed by atoms with Crippen molar-refractivity contribution in [1.29, 1.82) is 0 Å². The average molecular weight is 386 g/mol. The van der Waals surface area contributed by atoms with Crippen molar-refractivity contribution in [2.24, 2.45) is 0 Å². The Morgan fingerprint density at radius 2 is 2.15 bits per heavy atom. The molecule has 132 valence electrons. The van der Waals surface area contributed by atoms with Gasteiger partial charge in [0.05, 0.1) is 17.8 Å². The van der Waals surface area contributed by atoms with Gasteiger partial charge >= 0.3 is 6.03 Å². The summed E-state index contributed by atoms with van der Waals surface area (Å²) in [5, 5.41) is 10.3. The van der Waals surface area contributed by atoms with E-state index >= 15 is 0 Å². The maximum Gasteiger partial charge on any atom is 0.323 e. The van der Waals surface area contributed by atoms with Gasteiger partial charge in [0, 0.05) is 30.0 Å². The lowest BCUT2D eigenvalue weighted by atomic mass is 10.3. The lowest BCUT2D eigenvalue weighted by Crippen LogP contribution is -2.27. The molecule has 0 aromatic carbocycles. The fourth-order valence-electron chi connectivity index (χ4n) is 2.45. The summed E-state index contributed by atoms with van der Waals surface area (Å²) in [6.45, 7) is 1.20. The van der Waals surface area contributed by atoms with Crippen LogP contribution in [0.1, 0.15) is 5.69 Å². The molecule has 4 heterocycles. The van der Waals surface area contributed by atoms with Crippen molar-refractivity contribution in [3.63, 3.8) is 0 Å².